The van der Waals surface area contributed by atoms with Crippen molar-refractivity contribution in [1.29, 1.82) is 0 Å². The van der Waals surface area contributed by atoms with Crippen LogP contribution in [-0.2, 0) is 15.9 Å². The molecule has 2 fully saturated rings. The number of guanidine groups is 1. The molecule has 3 heterocycles. The Hall–Kier alpha value is -1.57. The Morgan fingerprint density at radius 3 is 2.71 bits per heavy atom. The molecule has 2 atom stereocenters. The number of hydrogen-bond donors (Lipinski definition) is 2. The molecule has 0 aromatic carbocycles. The summed E-state index contributed by atoms with van der Waals surface area (Å²) >= 11 is 0. The highest BCUT2D eigenvalue weighted by molar-refractivity contribution is 5.79. The quantitative estimate of drug-likeness (QED) is 0.354. The third-order valence-electron chi connectivity index (χ3n) is 6.07. The van der Waals surface area contributed by atoms with Crippen LogP contribution in [0.5, 0.6) is 0 Å². The molecule has 31 heavy (non-hydrogen) atoms. The maximum absolute atomic E-state index is 6.14. The number of hydrogen-bond acceptors (Lipinski definition) is 5. The normalized spacial score (nSPS) is 23.6. The van der Waals surface area contributed by atoms with Crippen LogP contribution in [-0.4, -0.2) is 76.1 Å². The molecular formula is C24H42N4O3. The number of aliphatic imine (C=N–C) groups is 1. The minimum Gasteiger partial charge on any atom is -0.469 e. The SMILES string of the molecule is CC(C)(C)C1OCCCC1CN=C(NCCCN1CCOCC1)NCCc1ccco1. The maximum Gasteiger partial charge on any atom is 0.191 e. The van der Waals surface area contributed by atoms with Crippen LogP contribution in [0.4, 0.5) is 0 Å². The molecule has 0 spiro atoms. The summed E-state index contributed by atoms with van der Waals surface area (Å²) in [6.45, 7) is 15.1. The molecule has 2 N–H and O–H groups in total. The van der Waals surface area contributed by atoms with Crippen LogP contribution in [0, 0.1) is 11.3 Å². The lowest BCUT2D eigenvalue weighted by Crippen LogP contribution is -2.43. The smallest absolute Gasteiger partial charge is 0.191 e. The lowest BCUT2D eigenvalue weighted by molar-refractivity contribution is -0.0823. The molecule has 0 saturated carbocycles. The summed E-state index contributed by atoms with van der Waals surface area (Å²) < 4.78 is 17.0. The van der Waals surface area contributed by atoms with Crippen molar-refractivity contribution in [2.45, 2.75) is 52.6 Å². The zero-order valence-corrected chi connectivity index (χ0v) is 19.7. The van der Waals surface area contributed by atoms with Crippen molar-refractivity contribution in [3.05, 3.63) is 24.2 Å². The lowest BCUT2D eigenvalue weighted by atomic mass is 9.78. The van der Waals surface area contributed by atoms with E-state index in [1.807, 2.05) is 12.1 Å². The van der Waals surface area contributed by atoms with E-state index in [0.717, 1.165) is 90.1 Å². The molecule has 2 unspecified atom stereocenters. The van der Waals surface area contributed by atoms with Gasteiger partial charge in [-0.2, -0.15) is 0 Å². The molecule has 0 radical (unpaired) electrons. The second kappa shape index (κ2) is 12.5. The summed E-state index contributed by atoms with van der Waals surface area (Å²) in [5, 5.41) is 7.04. The van der Waals surface area contributed by atoms with Crippen molar-refractivity contribution in [3.8, 4) is 0 Å². The van der Waals surface area contributed by atoms with Crippen molar-refractivity contribution in [3.63, 3.8) is 0 Å². The maximum atomic E-state index is 6.14. The van der Waals surface area contributed by atoms with Crippen molar-refractivity contribution < 1.29 is 13.9 Å². The monoisotopic (exact) mass is 434 g/mol. The fourth-order valence-corrected chi connectivity index (χ4v) is 4.46. The van der Waals surface area contributed by atoms with Gasteiger partial charge in [0.25, 0.3) is 0 Å². The van der Waals surface area contributed by atoms with Gasteiger partial charge in [-0.25, -0.2) is 0 Å². The van der Waals surface area contributed by atoms with Gasteiger partial charge in [-0.05, 0) is 43.4 Å². The van der Waals surface area contributed by atoms with Gasteiger partial charge in [-0.1, -0.05) is 20.8 Å². The second-order valence-electron chi connectivity index (χ2n) is 9.74. The largest absolute Gasteiger partial charge is 0.469 e. The molecule has 2 aliphatic rings. The summed E-state index contributed by atoms with van der Waals surface area (Å²) in [7, 11) is 0. The topological polar surface area (TPSA) is 71.3 Å². The molecule has 0 amide bonds. The number of furan rings is 1. The fourth-order valence-electron chi connectivity index (χ4n) is 4.46. The molecule has 7 heteroatoms. The van der Waals surface area contributed by atoms with Gasteiger partial charge in [0.1, 0.15) is 5.76 Å². The standard InChI is InChI=1S/C24H42N4O3/c1-24(2,3)22-20(7-4-16-31-22)19-27-23(26-11-9-21-8-5-15-30-21)25-10-6-12-28-13-17-29-18-14-28/h5,8,15,20,22H,4,6-7,9-14,16-19H2,1-3H3,(H2,25,26,27). The van der Waals surface area contributed by atoms with Crippen LogP contribution in [0.1, 0.15) is 45.8 Å². The molecule has 2 aliphatic heterocycles. The highest BCUT2D eigenvalue weighted by Crippen LogP contribution is 2.34. The first-order valence-electron chi connectivity index (χ1n) is 12.0. The van der Waals surface area contributed by atoms with E-state index in [1.165, 1.54) is 6.42 Å². The van der Waals surface area contributed by atoms with Gasteiger partial charge in [0, 0.05) is 51.7 Å². The molecule has 3 rings (SSSR count). The van der Waals surface area contributed by atoms with E-state index in [1.54, 1.807) is 6.26 Å². The average molecular weight is 435 g/mol. The van der Waals surface area contributed by atoms with Gasteiger partial charge in [-0.3, -0.25) is 9.89 Å². The van der Waals surface area contributed by atoms with E-state index in [4.69, 9.17) is 18.9 Å². The van der Waals surface area contributed by atoms with Crippen molar-refractivity contribution in [1.82, 2.24) is 15.5 Å². The number of morpholine rings is 1. The first-order chi connectivity index (χ1) is 15.0. The van der Waals surface area contributed by atoms with Crippen LogP contribution in [0.3, 0.4) is 0 Å². The van der Waals surface area contributed by atoms with Crippen LogP contribution < -0.4 is 10.6 Å². The van der Waals surface area contributed by atoms with E-state index in [9.17, 15) is 0 Å². The van der Waals surface area contributed by atoms with Crippen molar-refractivity contribution in [2.24, 2.45) is 16.3 Å². The molecule has 0 aliphatic carbocycles. The highest BCUT2D eigenvalue weighted by Gasteiger charge is 2.35. The van der Waals surface area contributed by atoms with Crippen molar-refractivity contribution in [2.75, 3.05) is 59.1 Å². The summed E-state index contributed by atoms with van der Waals surface area (Å²) in [4.78, 5) is 7.44. The van der Waals surface area contributed by atoms with Gasteiger partial charge >= 0.3 is 0 Å². The molecular weight excluding hydrogens is 392 g/mol. The Morgan fingerprint density at radius 2 is 1.97 bits per heavy atom. The summed E-state index contributed by atoms with van der Waals surface area (Å²) in [5.74, 6) is 2.35. The van der Waals surface area contributed by atoms with E-state index in [-0.39, 0.29) is 11.5 Å². The van der Waals surface area contributed by atoms with Crippen LogP contribution >= 0.6 is 0 Å². The van der Waals surface area contributed by atoms with E-state index in [2.05, 4.69) is 36.3 Å². The highest BCUT2D eigenvalue weighted by atomic mass is 16.5. The van der Waals surface area contributed by atoms with Crippen LogP contribution in [0.2, 0.25) is 0 Å². The Morgan fingerprint density at radius 1 is 1.16 bits per heavy atom. The summed E-state index contributed by atoms with van der Waals surface area (Å²) in [6.07, 6.45) is 6.23. The van der Waals surface area contributed by atoms with E-state index in [0.29, 0.717) is 5.92 Å². The van der Waals surface area contributed by atoms with Gasteiger partial charge in [0.05, 0.1) is 25.6 Å². The minimum absolute atomic E-state index is 0.138. The first kappa shape index (κ1) is 24.1. The number of nitrogens with one attached hydrogen (secondary N) is 2. The Balaban J connectivity index is 1.50. The van der Waals surface area contributed by atoms with Crippen molar-refractivity contribution >= 4 is 5.96 Å². The van der Waals surface area contributed by atoms with Gasteiger partial charge < -0.3 is 24.5 Å². The molecule has 2 saturated heterocycles. The Labute approximate surface area is 187 Å². The molecule has 0 bridgehead atoms. The first-order valence-corrected chi connectivity index (χ1v) is 12.0. The summed E-state index contributed by atoms with van der Waals surface area (Å²) in [5.41, 5.74) is 0.138. The Kier molecular flexibility index (Phi) is 9.68. The number of ether oxygens (including phenoxy) is 2. The number of nitrogens with zero attached hydrogens (tertiary/aromatic N) is 2. The molecule has 176 valence electrons. The van der Waals surface area contributed by atoms with E-state index >= 15 is 0 Å². The molecule has 1 aromatic heterocycles. The van der Waals surface area contributed by atoms with Gasteiger partial charge in [0.2, 0.25) is 0 Å². The summed E-state index contributed by atoms with van der Waals surface area (Å²) in [6, 6.07) is 3.95. The third kappa shape index (κ3) is 8.47. The third-order valence-corrected chi connectivity index (χ3v) is 6.07. The second-order valence-corrected chi connectivity index (χ2v) is 9.74. The minimum atomic E-state index is 0.138. The Bertz CT molecular complexity index is 636. The fraction of sp³-hybridized carbons (Fsp3) is 0.792. The molecule has 7 nitrogen and oxygen atoms in total. The predicted molar refractivity (Wildman–Crippen MR) is 125 cm³/mol. The predicted octanol–water partition coefficient (Wildman–Crippen LogP) is 2.92. The number of rotatable bonds is 9. The van der Waals surface area contributed by atoms with Gasteiger partial charge in [0.15, 0.2) is 5.96 Å². The van der Waals surface area contributed by atoms with E-state index < -0.39 is 0 Å². The zero-order chi connectivity index (χ0) is 21.9. The molecule has 1 aromatic rings. The van der Waals surface area contributed by atoms with Gasteiger partial charge in [-0.15, -0.1) is 0 Å². The van der Waals surface area contributed by atoms with Crippen LogP contribution in [0.15, 0.2) is 27.8 Å². The zero-order valence-electron chi connectivity index (χ0n) is 19.7. The lowest BCUT2D eigenvalue weighted by Gasteiger charge is -2.39. The van der Waals surface area contributed by atoms with Crippen LogP contribution in [0.25, 0.3) is 0 Å². The average Bonchev–Trinajstić information content (AvgIpc) is 3.28.